The van der Waals surface area contributed by atoms with Crippen LogP contribution in [0.25, 0.3) is 0 Å². The van der Waals surface area contributed by atoms with Crippen LogP contribution in [0, 0.1) is 6.08 Å². The highest BCUT2D eigenvalue weighted by molar-refractivity contribution is 6.31. The molecule has 0 bridgehead atoms. The number of fused-ring (bicyclic) bond motifs is 2. The average molecular weight is 556 g/mol. The number of hydrogen-bond acceptors (Lipinski definition) is 9. The first kappa shape index (κ1) is 27.7. The summed E-state index contributed by atoms with van der Waals surface area (Å²) >= 11 is 0. The molecule has 0 radical (unpaired) electrons. The second kappa shape index (κ2) is 12.1. The van der Waals surface area contributed by atoms with E-state index < -0.39 is 11.9 Å². The van der Waals surface area contributed by atoms with Crippen molar-refractivity contribution < 1.29 is 23.8 Å². The van der Waals surface area contributed by atoms with Gasteiger partial charge in [-0.25, -0.2) is 0 Å². The van der Waals surface area contributed by atoms with Gasteiger partial charge in [0.1, 0.15) is 11.5 Å². The van der Waals surface area contributed by atoms with Gasteiger partial charge in [-0.2, -0.15) is 14.4 Å². The lowest BCUT2D eigenvalue weighted by Crippen LogP contribution is -2.28. The summed E-state index contributed by atoms with van der Waals surface area (Å²) in [6.45, 7) is 5.60. The largest absolute Gasteiger partial charge is 0.507 e. The molecule has 0 saturated carbocycles. The van der Waals surface area contributed by atoms with E-state index in [4.69, 9.17) is 4.74 Å². The molecule has 2 N–H and O–H groups in total. The Hall–Kier alpha value is -4.86. The lowest BCUT2D eigenvalue weighted by molar-refractivity contribution is 0.0977. The van der Waals surface area contributed by atoms with Crippen LogP contribution >= 0.6 is 0 Å². The maximum absolute atomic E-state index is 14.3. The van der Waals surface area contributed by atoms with Crippen LogP contribution < -0.4 is 15.0 Å². The molecule has 4 aromatic rings. The molecule has 9 nitrogen and oxygen atoms in total. The average Bonchev–Trinajstić information content (AvgIpc) is 2.97. The minimum atomic E-state index is -0.917. The van der Waals surface area contributed by atoms with Crippen molar-refractivity contribution in [1.82, 2.24) is 15.0 Å². The maximum Gasteiger partial charge on any atom is 0.329 e. The van der Waals surface area contributed by atoms with Gasteiger partial charge in [-0.3, -0.25) is 9.59 Å². The number of rotatable bonds is 11. The fourth-order valence-corrected chi connectivity index (χ4v) is 4.70. The minimum Gasteiger partial charge on any atom is -0.507 e. The lowest BCUT2D eigenvalue weighted by atomic mass is 9.82. The number of ketones is 2. The second-order valence-corrected chi connectivity index (χ2v) is 9.72. The minimum absolute atomic E-state index is 0.0294. The number of ether oxygens (including phenoxy) is 1. The SMILES string of the molecule is CCCCN(CCCC)c1nc(F)nc(Oc2ccc(Nc3ccc(O)c4c3C(=O)c3ccccc3C4=O)cc2)n1. The lowest BCUT2D eigenvalue weighted by Gasteiger charge is -2.22. The molecule has 3 aromatic carbocycles. The molecule has 1 aliphatic rings. The Morgan fingerprint density at radius 3 is 2.10 bits per heavy atom. The van der Waals surface area contributed by atoms with Crippen LogP contribution in [-0.2, 0) is 0 Å². The number of nitrogens with zero attached hydrogens (tertiary/aromatic N) is 4. The molecule has 10 heteroatoms. The van der Waals surface area contributed by atoms with E-state index in [1.54, 1.807) is 54.6 Å². The highest BCUT2D eigenvalue weighted by atomic mass is 19.1. The zero-order chi connectivity index (χ0) is 28.9. The number of unbranched alkanes of at least 4 members (excludes halogenated alkanes) is 2. The van der Waals surface area contributed by atoms with E-state index in [0.29, 0.717) is 30.2 Å². The van der Waals surface area contributed by atoms with E-state index >= 15 is 0 Å². The molecule has 0 saturated heterocycles. The number of anilines is 3. The van der Waals surface area contributed by atoms with Gasteiger partial charge in [-0.15, -0.1) is 4.98 Å². The van der Waals surface area contributed by atoms with Crippen LogP contribution in [-0.4, -0.2) is 44.7 Å². The fraction of sp³-hybridized carbons (Fsp3) is 0.258. The number of carbonyl (C=O) groups excluding carboxylic acids is 2. The fourth-order valence-electron chi connectivity index (χ4n) is 4.70. The van der Waals surface area contributed by atoms with Gasteiger partial charge in [0.2, 0.25) is 5.95 Å². The van der Waals surface area contributed by atoms with Crippen molar-refractivity contribution in [2.45, 2.75) is 39.5 Å². The third kappa shape index (κ3) is 5.86. The van der Waals surface area contributed by atoms with Crippen molar-refractivity contribution in [1.29, 1.82) is 0 Å². The molecule has 0 unspecified atom stereocenters. The molecule has 0 aliphatic heterocycles. The molecule has 210 valence electrons. The molecule has 0 spiro atoms. The van der Waals surface area contributed by atoms with Crippen LogP contribution in [0.15, 0.2) is 60.7 Å². The third-order valence-corrected chi connectivity index (χ3v) is 6.82. The summed E-state index contributed by atoms with van der Waals surface area (Å²) in [6.07, 6.45) is 2.92. The van der Waals surface area contributed by atoms with E-state index in [1.807, 2.05) is 4.90 Å². The van der Waals surface area contributed by atoms with Crippen molar-refractivity contribution in [3.8, 4) is 17.5 Å². The van der Waals surface area contributed by atoms with Crippen LogP contribution in [0.4, 0.5) is 21.7 Å². The van der Waals surface area contributed by atoms with Crippen LogP contribution in [0.1, 0.15) is 71.4 Å². The maximum atomic E-state index is 14.3. The van der Waals surface area contributed by atoms with E-state index in [9.17, 15) is 19.1 Å². The summed E-state index contributed by atoms with van der Waals surface area (Å²) in [7, 11) is 0. The number of carbonyl (C=O) groups is 2. The van der Waals surface area contributed by atoms with Crippen molar-refractivity contribution in [2.75, 3.05) is 23.3 Å². The predicted octanol–water partition coefficient (Wildman–Crippen LogP) is 6.43. The van der Waals surface area contributed by atoms with Gasteiger partial charge in [-0.1, -0.05) is 51.0 Å². The molecule has 0 atom stereocenters. The Morgan fingerprint density at radius 2 is 1.46 bits per heavy atom. The molecule has 0 fully saturated rings. The number of aromatic nitrogens is 3. The summed E-state index contributed by atoms with van der Waals surface area (Å²) in [5, 5.41) is 13.6. The third-order valence-electron chi connectivity index (χ3n) is 6.82. The number of hydrogen-bond donors (Lipinski definition) is 2. The van der Waals surface area contributed by atoms with Gasteiger partial charge in [-0.05, 0) is 49.2 Å². The molecule has 5 rings (SSSR count). The number of phenolic OH excluding ortho intramolecular Hbond substituents is 1. The highest BCUT2D eigenvalue weighted by Crippen LogP contribution is 2.38. The summed E-state index contributed by atoms with van der Waals surface area (Å²) in [5.74, 6) is -0.409. The van der Waals surface area contributed by atoms with Gasteiger partial charge >= 0.3 is 12.1 Å². The second-order valence-electron chi connectivity index (χ2n) is 9.72. The molecule has 1 aromatic heterocycles. The first-order valence-electron chi connectivity index (χ1n) is 13.7. The quantitative estimate of drug-likeness (QED) is 0.178. The van der Waals surface area contributed by atoms with Crippen molar-refractivity contribution in [2.24, 2.45) is 0 Å². The topological polar surface area (TPSA) is 118 Å². The van der Waals surface area contributed by atoms with Crippen LogP contribution in [0.5, 0.6) is 17.5 Å². The Balaban J connectivity index is 1.36. The normalized spacial score (nSPS) is 12.1. The van der Waals surface area contributed by atoms with Crippen molar-refractivity contribution >= 4 is 28.9 Å². The number of phenols is 1. The van der Waals surface area contributed by atoms with Crippen LogP contribution in [0.2, 0.25) is 0 Å². The first-order chi connectivity index (χ1) is 19.9. The molecular weight excluding hydrogens is 525 g/mol. The van der Waals surface area contributed by atoms with E-state index in [1.165, 1.54) is 6.07 Å². The Labute approximate surface area is 237 Å². The Kier molecular flexibility index (Phi) is 8.19. The number of benzene rings is 3. The monoisotopic (exact) mass is 555 g/mol. The summed E-state index contributed by atoms with van der Waals surface area (Å²) < 4.78 is 20.1. The van der Waals surface area contributed by atoms with Gasteiger partial charge in [0, 0.05) is 29.9 Å². The summed E-state index contributed by atoms with van der Waals surface area (Å²) in [4.78, 5) is 40.3. The first-order valence-corrected chi connectivity index (χ1v) is 13.7. The van der Waals surface area contributed by atoms with Crippen LogP contribution in [0.3, 0.4) is 0 Å². The number of nitrogens with one attached hydrogen (secondary N) is 1. The number of aromatic hydroxyl groups is 1. The van der Waals surface area contributed by atoms with Gasteiger partial charge in [0.25, 0.3) is 0 Å². The molecule has 1 aliphatic carbocycles. The Bertz CT molecular complexity index is 1580. The zero-order valence-electron chi connectivity index (χ0n) is 22.9. The van der Waals surface area contributed by atoms with Gasteiger partial charge < -0.3 is 20.1 Å². The standard InChI is InChI=1S/C31H30FN5O4/c1-3-5-17-37(18-6-4-2)30-34-29(32)35-31(36-30)41-20-13-11-19(12-14-20)33-23-15-16-24(38)26-25(23)27(39)21-9-7-8-10-22(21)28(26)40/h7-16,33,38H,3-6,17-18H2,1-2H3. The Morgan fingerprint density at radius 1 is 0.829 bits per heavy atom. The zero-order valence-corrected chi connectivity index (χ0v) is 22.9. The number of halogens is 1. The van der Waals surface area contributed by atoms with Gasteiger partial charge in [0.05, 0.1) is 16.8 Å². The van der Waals surface area contributed by atoms with Crippen molar-refractivity contribution in [3.63, 3.8) is 0 Å². The van der Waals surface area contributed by atoms with Gasteiger partial charge in [0.15, 0.2) is 11.6 Å². The van der Waals surface area contributed by atoms with Crippen molar-refractivity contribution in [3.05, 3.63) is 89.0 Å². The highest BCUT2D eigenvalue weighted by Gasteiger charge is 2.34. The van der Waals surface area contributed by atoms with E-state index in [2.05, 4.69) is 34.1 Å². The van der Waals surface area contributed by atoms with E-state index in [0.717, 1.165) is 25.7 Å². The van der Waals surface area contributed by atoms with E-state index in [-0.39, 0.29) is 45.7 Å². The summed E-state index contributed by atoms with van der Waals surface area (Å²) in [6, 6.07) is 16.0. The smallest absolute Gasteiger partial charge is 0.329 e. The predicted molar refractivity (Wildman–Crippen MR) is 153 cm³/mol. The molecule has 1 heterocycles. The molecular formula is C31H30FN5O4. The molecule has 0 amide bonds. The molecule has 41 heavy (non-hydrogen) atoms. The summed E-state index contributed by atoms with van der Waals surface area (Å²) in [5.41, 5.74) is 1.60.